The molecule has 1 saturated carbocycles. The topological polar surface area (TPSA) is 79.3 Å². The Morgan fingerprint density at radius 2 is 2.24 bits per heavy atom. The Labute approximate surface area is 101 Å². The van der Waals surface area contributed by atoms with E-state index in [1.807, 2.05) is 0 Å². The summed E-state index contributed by atoms with van der Waals surface area (Å²) >= 11 is 0. The molecular weight excluding hydrogens is 240 g/mol. The van der Waals surface area contributed by atoms with E-state index in [9.17, 15) is 8.42 Å². The molecule has 0 amide bonds. The maximum absolute atomic E-state index is 11.8. The summed E-state index contributed by atoms with van der Waals surface area (Å²) in [5, 5.41) is 8.84. The lowest BCUT2D eigenvalue weighted by Gasteiger charge is -2.05. The van der Waals surface area contributed by atoms with Crippen LogP contribution in [0.1, 0.15) is 18.9 Å². The van der Waals surface area contributed by atoms with Gasteiger partial charge in [-0.05, 0) is 29.9 Å². The Balaban J connectivity index is 2.02. The highest BCUT2D eigenvalue weighted by Gasteiger charge is 2.33. The van der Waals surface area contributed by atoms with Crippen molar-refractivity contribution in [1.29, 1.82) is 0 Å². The van der Waals surface area contributed by atoms with E-state index in [1.54, 1.807) is 6.07 Å². The van der Waals surface area contributed by atoms with Crippen molar-refractivity contribution in [3.63, 3.8) is 0 Å². The number of aromatic nitrogens is 1. The number of pyridine rings is 1. The molecule has 1 aliphatic carbocycles. The van der Waals surface area contributed by atoms with Crippen LogP contribution in [0.3, 0.4) is 0 Å². The minimum Gasteiger partial charge on any atom is -0.392 e. The van der Waals surface area contributed by atoms with Crippen molar-refractivity contribution in [2.24, 2.45) is 11.8 Å². The summed E-state index contributed by atoms with van der Waals surface area (Å²) in [6.45, 7) is 2.44. The van der Waals surface area contributed by atoms with Gasteiger partial charge in [-0.2, -0.15) is 0 Å². The number of rotatable bonds is 5. The first kappa shape index (κ1) is 12.5. The molecule has 1 aromatic rings. The second-order valence-electron chi connectivity index (χ2n) is 4.49. The Hall–Kier alpha value is -0.980. The van der Waals surface area contributed by atoms with Crippen LogP contribution in [0.15, 0.2) is 23.4 Å². The number of sulfonamides is 1. The standard InChI is InChI=1S/C11H16N2O3S/c1-8-4-10(8)6-13-17(15,16)11-3-2-9(7-14)5-12-11/h2-3,5,8,10,13-14H,4,6-7H2,1H3. The number of hydrogen-bond acceptors (Lipinski definition) is 4. The quantitative estimate of drug-likeness (QED) is 0.804. The molecule has 2 unspecified atom stereocenters. The van der Waals surface area contributed by atoms with Crippen molar-refractivity contribution in [2.45, 2.75) is 25.0 Å². The summed E-state index contributed by atoms with van der Waals surface area (Å²) in [5.74, 6) is 1.07. The van der Waals surface area contributed by atoms with Crippen LogP contribution < -0.4 is 4.72 Å². The first-order valence-corrected chi connectivity index (χ1v) is 7.06. The summed E-state index contributed by atoms with van der Waals surface area (Å²) in [7, 11) is -3.51. The van der Waals surface area contributed by atoms with Gasteiger partial charge in [0, 0.05) is 12.7 Å². The number of aliphatic hydroxyl groups excluding tert-OH is 1. The highest BCUT2D eigenvalue weighted by molar-refractivity contribution is 7.89. The van der Waals surface area contributed by atoms with Crippen LogP contribution in [0.2, 0.25) is 0 Å². The molecule has 5 nitrogen and oxygen atoms in total. The number of hydrogen-bond donors (Lipinski definition) is 2. The number of nitrogens with one attached hydrogen (secondary N) is 1. The van der Waals surface area contributed by atoms with Crippen molar-refractivity contribution in [1.82, 2.24) is 9.71 Å². The smallest absolute Gasteiger partial charge is 0.258 e. The molecule has 6 heteroatoms. The largest absolute Gasteiger partial charge is 0.392 e. The predicted molar refractivity (Wildman–Crippen MR) is 62.6 cm³/mol. The molecule has 0 bridgehead atoms. The van der Waals surface area contributed by atoms with Crippen molar-refractivity contribution < 1.29 is 13.5 Å². The number of nitrogens with zero attached hydrogens (tertiary/aromatic N) is 1. The molecule has 0 aromatic carbocycles. The van der Waals surface area contributed by atoms with E-state index < -0.39 is 10.0 Å². The van der Waals surface area contributed by atoms with Crippen molar-refractivity contribution in [3.8, 4) is 0 Å². The van der Waals surface area contributed by atoms with Crippen LogP contribution in [0.4, 0.5) is 0 Å². The molecule has 0 aliphatic heterocycles. The first-order chi connectivity index (χ1) is 8.03. The lowest BCUT2D eigenvalue weighted by molar-refractivity contribution is 0.281. The van der Waals surface area contributed by atoms with Gasteiger partial charge in [-0.25, -0.2) is 18.1 Å². The average molecular weight is 256 g/mol. The SMILES string of the molecule is CC1CC1CNS(=O)(=O)c1ccc(CO)cn1. The van der Waals surface area contributed by atoms with Crippen LogP contribution in [-0.4, -0.2) is 25.1 Å². The monoisotopic (exact) mass is 256 g/mol. The normalized spacial score (nSPS) is 23.6. The molecule has 17 heavy (non-hydrogen) atoms. The third kappa shape index (κ3) is 3.02. The molecule has 0 spiro atoms. The molecule has 2 rings (SSSR count). The zero-order valence-electron chi connectivity index (χ0n) is 9.63. The lowest BCUT2D eigenvalue weighted by atomic mass is 10.3. The maximum atomic E-state index is 11.8. The molecular formula is C11H16N2O3S. The van der Waals surface area contributed by atoms with E-state index in [4.69, 9.17) is 5.11 Å². The van der Waals surface area contributed by atoms with Gasteiger partial charge >= 0.3 is 0 Å². The van der Waals surface area contributed by atoms with Crippen LogP contribution in [-0.2, 0) is 16.6 Å². The first-order valence-electron chi connectivity index (χ1n) is 5.58. The summed E-state index contributed by atoms with van der Waals surface area (Å²) < 4.78 is 26.2. The maximum Gasteiger partial charge on any atom is 0.258 e. The second kappa shape index (κ2) is 4.72. The molecule has 0 saturated heterocycles. The van der Waals surface area contributed by atoms with E-state index in [2.05, 4.69) is 16.6 Å². The van der Waals surface area contributed by atoms with Gasteiger partial charge < -0.3 is 5.11 Å². The summed E-state index contributed by atoms with van der Waals surface area (Å²) in [4.78, 5) is 3.83. The number of aliphatic hydroxyl groups is 1. The minimum absolute atomic E-state index is 0.00278. The van der Waals surface area contributed by atoms with Gasteiger partial charge in [0.05, 0.1) is 6.61 Å². The van der Waals surface area contributed by atoms with Crippen LogP contribution in [0.25, 0.3) is 0 Å². The van der Waals surface area contributed by atoms with E-state index in [0.717, 1.165) is 6.42 Å². The second-order valence-corrected chi connectivity index (χ2v) is 6.20. The van der Waals surface area contributed by atoms with E-state index >= 15 is 0 Å². The van der Waals surface area contributed by atoms with Crippen molar-refractivity contribution >= 4 is 10.0 Å². The van der Waals surface area contributed by atoms with Gasteiger partial charge in [0.2, 0.25) is 0 Å². The molecule has 0 radical (unpaired) electrons. The highest BCUT2D eigenvalue weighted by atomic mass is 32.2. The highest BCUT2D eigenvalue weighted by Crippen LogP contribution is 2.36. The van der Waals surface area contributed by atoms with Crippen LogP contribution in [0, 0.1) is 11.8 Å². The zero-order valence-corrected chi connectivity index (χ0v) is 10.4. The third-order valence-corrected chi connectivity index (χ3v) is 4.41. The van der Waals surface area contributed by atoms with Crippen molar-refractivity contribution in [3.05, 3.63) is 23.9 Å². The van der Waals surface area contributed by atoms with E-state index in [0.29, 0.717) is 23.9 Å². The molecule has 94 valence electrons. The van der Waals surface area contributed by atoms with Crippen molar-refractivity contribution in [2.75, 3.05) is 6.54 Å². The Kier molecular flexibility index (Phi) is 3.46. The lowest BCUT2D eigenvalue weighted by Crippen LogP contribution is -2.27. The Morgan fingerprint density at radius 3 is 2.71 bits per heavy atom. The molecule has 1 fully saturated rings. The van der Waals surface area contributed by atoms with Gasteiger partial charge in [0.1, 0.15) is 0 Å². The molecule has 1 aliphatic rings. The van der Waals surface area contributed by atoms with Crippen LogP contribution in [0.5, 0.6) is 0 Å². The van der Waals surface area contributed by atoms with Gasteiger partial charge in [-0.3, -0.25) is 0 Å². The van der Waals surface area contributed by atoms with Crippen LogP contribution >= 0.6 is 0 Å². The fourth-order valence-electron chi connectivity index (χ4n) is 1.64. The van der Waals surface area contributed by atoms with Gasteiger partial charge in [-0.15, -0.1) is 0 Å². The fraction of sp³-hybridized carbons (Fsp3) is 0.545. The summed E-state index contributed by atoms with van der Waals surface area (Å²) in [6.07, 6.45) is 2.45. The summed E-state index contributed by atoms with van der Waals surface area (Å²) in [5.41, 5.74) is 0.597. The molecule has 1 heterocycles. The molecule has 2 atom stereocenters. The average Bonchev–Trinajstić information content (AvgIpc) is 3.03. The Morgan fingerprint density at radius 1 is 1.53 bits per heavy atom. The third-order valence-electron chi connectivity index (χ3n) is 3.07. The van der Waals surface area contributed by atoms with E-state index in [-0.39, 0.29) is 11.6 Å². The zero-order chi connectivity index (χ0) is 12.5. The van der Waals surface area contributed by atoms with Gasteiger partial charge in [0.15, 0.2) is 5.03 Å². The fourth-order valence-corrected chi connectivity index (χ4v) is 2.66. The Bertz CT molecular complexity index is 484. The van der Waals surface area contributed by atoms with E-state index in [1.165, 1.54) is 12.3 Å². The molecule has 1 aromatic heterocycles. The van der Waals surface area contributed by atoms with Gasteiger partial charge in [-0.1, -0.05) is 13.0 Å². The molecule has 2 N–H and O–H groups in total. The van der Waals surface area contributed by atoms with Gasteiger partial charge in [0.25, 0.3) is 10.0 Å². The predicted octanol–water partition coefficient (Wildman–Crippen LogP) is 0.508. The minimum atomic E-state index is -3.51. The summed E-state index contributed by atoms with van der Waals surface area (Å²) in [6, 6.07) is 2.96.